The van der Waals surface area contributed by atoms with Crippen LogP contribution in [0.5, 0.6) is 11.5 Å². The molecule has 29 heavy (non-hydrogen) atoms. The Bertz CT molecular complexity index is 883. The molecule has 0 aromatic heterocycles. The Morgan fingerprint density at radius 2 is 0.966 bits per heavy atom. The van der Waals surface area contributed by atoms with Gasteiger partial charge in [-0.1, -0.05) is 0 Å². The van der Waals surface area contributed by atoms with Gasteiger partial charge in [-0.25, -0.2) is 0 Å². The van der Waals surface area contributed by atoms with E-state index < -0.39 is 21.8 Å². The molecule has 0 amide bonds. The zero-order valence-electron chi connectivity index (χ0n) is 18.3. The Kier molecular flexibility index (Phi) is 6.69. The molecule has 0 aliphatic rings. The molecule has 0 unspecified atom stereocenters. The molecule has 152 valence electrons. The fourth-order valence-corrected chi connectivity index (χ4v) is 12.0. The predicted molar refractivity (Wildman–Crippen MR) is 125 cm³/mol. The van der Waals surface area contributed by atoms with Crippen molar-refractivity contribution in [2.45, 2.75) is 52.7 Å². The van der Waals surface area contributed by atoms with Crippen molar-refractivity contribution in [2.75, 3.05) is 0 Å². The summed E-state index contributed by atoms with van der Waals surface area (Å²) in [5.74, 6) is 1.64. The van der Waals surface area contributed by atoms with E-state index in [1.54, 1.807) is 0 Å². The third-order valence-corrected chi connectivity index (χ3v) is 13.5. The van der Waals surface area contributed by atoms with E-state index in [-0.39, 0.29) is 11.2 Å². The fourth-order valence-electron chi connectivity index (χ4n) is 3.06. The molecule has 0 atom stereocenters. The fraction of sp³-hybridized carbons (Fsp3) is 0.308. The van der Waals surface area contributed by atoms with Crippen molar-refractivity contribution in [1.29, 1.82) is 0 Å². The first-order valence-corrected chi connectivity index (χ1v) is 15.3. The Hall–Kier alpha value is -1.86. The van der Waals surface area contributed by atoms with E-state index >= 15 is 0 Å². The van der Waals surface area contributed by atoms with Crippen molar-refractivity contribution in [3.63, 3.8) is 0 Å². The molecule has 0 radical (unpaired) electrons. The molecule has 0 saturated heterocycles. The first kappa shape index (κ1) is 21.8. The number of benzene rings is 3. The van der Waals surface area contributed by atoms with Crippen molar-refractivity contribution in [1.82, 2.24) is 0 Å². The van der Waals surface area contributed by atoms with Crippen molar-refractivity contribution in [3.8, 4) is 11.5 Å². The SMILES string of the molecule is CC(C)(C)Oc1cc[c]([Bi]([c]2ccccc2)[c]2ccccc2)cc1OC(C)(C)C. The molecular formula is C26H31BiO2. The predicted octanol–water partition coefficient (Wildman–Crippen LogP) is 4.56. The molecule has 0 bridgehead atoms. The molecule has 2 nitrogen and oxygen atoms in total. The van der Waals surface area contributed by atoms with Crippen LogP contribution in [-0.4, -0.2) is 33.0 Å². The van der Waals surface area contributed by atoms with Gasteiger partial charge in [-0.3, -0.25) is 0 Å². The average molecular weight is 585 g/mol. The Morgan fingerprint density at radius 3 is 1.41 bits per heavy atom. The maximum atomic E-state index is 6.35. The van der Waals surface area contributed by atoms with Crippen molar-refractivity contribution < 1.29 is 9.47 Å². The molecule has 0 N–H and O–H groups in total. The van der Waals surface area contributed by atoms with Gasteiger partial charge in [0.05, 0.1) is 0 Å². The third kappa shape index (κ3) is 6.31. The van der Waals surface area contributed by atoms with Crippen molar-refractivity contribution in [2.24, 2.45) is 0 Å². The van der Waals surface area contributed by atoms with Crippen LogP contribution in [0.25, 0.3) is 0 Å². The molecule has 3 rings (SSSR count). The van der Waals surface area contributed by atoms with E-state index in [9.17, 15) is 0 Å². The third-order valence-electron chi connectivity index (χ3n) is 4.05. The van der Waals surface area contributed by atoms with Crippen LogP contribution in [0, 0.1) is 0 Å². The van der Waals surface area contributed by atoms with Crippen LogP contribution in [0.15, 0.2) is 78.9 Å². The van der Waals surface area contributed by atoms with E-state index in [2.05, 4.69) is 120 Å². The number of hydrogen-bond acceptors (Lipinski definition) is 2. The number of hydrogen-bond donors (Lipinski definition) is 0. The van der Waals surface area contributed by atoms with E-state index in [1.165, 1.54) is 9.81 Å². The van der Waals surface area contributed by atoms with E-state index in [0.29, 0.717) is 0 Å². The number of rotatable bonds is 5. The van der Waals surface area contributed by atoms with Crippen LogP contribution >= 0.6 is 0 Å². The standard InChI is InChI=1S/C14H21O2.2C6H5.Bi/c1-13(2,3)15-11-9-7-8-10-12(11)16-14(4,5)6;2*1-2-4-6-5-3-1;/h7,9-10H,1-6H3;2*1-5H;. The minimum absolute atomic E-state index is 0.279. The molecule has 3 aromatic rings. The van der Waals surface area contributed by atoms with Gasteiger partial charge in [0.25, 0.3) is 0 Å². The topological polar surface area (TPSA) is 18.5 Å². The summed E-state index contributed by atoms with van der Waals surface area (Å²) in [6.45, 7) is 12.4. The normalized spacial score (nSPS) is 12.1. The van der Waals surface area contributed by atoms with Crippen LogP contribution in [0.4, 0.5) is 0 Å². The minimum atomic E-state index is -2.43. The van der Waals surface area contributed by atoms with Gasteiger partial charge in [0.1, 0.15) is 0 Å². The quantitative estimate of drug-likeness (QED) is 0.410. The molecule has 0 spiro atoms. The summed E-state index contributed by atoms with van der Waals surface area (Å²) in [6, 6.07) is 28.4. The van der Waals surface area contributed by atoms with Gasteiger partial charge in [0, 0.05) is 0 Å². The van der Waals surface area contributed by atoms with Gasteiger partial charge < -0.3 is 0 Å². The van der Waals surface area contributed by atoms with Crippen LogP contribution in [0.1, 0.15) is 41.5 Å². The van der Waals surface area contributed by atoms with E-state index in [4.69, 9.17) is 9.47 Å². The molecule has 0 aliphatic heterocycles. The summed E-state index contributed by atoms with van der Waals surface area (Å²) in [6.07, 6.45) is 0. The molecular weight excluding hydrogens is 553 g/mol. The van der Waals surface area contributed by atoms with Crippen LogP contribution in [-0.2, 0) is 0 Å². The summed E-state index contributed by atoms with van der Waals surface area (Å²) in [4.78, 5) is 0. The first-order valence-electron chi connectivity index (χ1n) is 10.0. The zero-order valence-corrected chi connectivity index (χ0v) is 21.7. The van der Waals surface area contributed by atoms with Crippen LogP contribution in [0.2, 0.25) is 0 Å². The van der Waals surface area contributed by atoms with Gasteiger partial charge in [0.2, 0.25) is 0 Å². The van der Waals surface area contributed by atoms with Crippen LogP contribution in [0.3, 0.4) is 0 Å². The average Bonchev–Trinajstić information content (AvgIpc) is 2.64. The molecule has 3 aromatic carbocycles. The molecule has 0 saturated carbocycles. The van der Waals surface area contributed by atoms with Crippen LogP contribution < -0.4 is 19.3 Å². The Balaban J connectivity index is 2.12. The summed E-state index contributed by atoms with van der Waals surface area (Å²) >= 11 is -2.43. The van der Waals surface area contributed by atoms with E-state index in [0.717, 1.165) is 11.5 Å². The summed E-state index contributed by atoms with van der Waals surface area (Å²) < 4.78 is 16.9. The Morgan fingerprint density at radius 1 is 0.517 bits per heavy atom. The second-order valence-electron chi connectivity index (χ2n) is 9.07. The second kappa shape index (κ2) is 8.88. The summed E-state index contributed by atoms with van der Waals surface area (Å²) in [5.41, 5.74) is -0.572. The zero-order chi connectivity index (χ0) is 21.1. The van der Waals surface area contributed by atoms with Gasteiger partial charge in [0.15, 0.2) is 0 Å². The molecule has 3 heteroatoms. The summed E-state index contributed by atoms with van der Waals surface area (Å²) in [7, 11) is 0. The van der Waals surface area contributed by atoms with Gasteiger partial charge >= 0.3 is 184 Å². The summed E-state index contributed by atoms with van der Waals surface area (Å²) in [5, 5.41) is 0. The maximum absolute atomic E-state index is 6.35. The molecule has 0 aliphatic carbocycles. The second-order valence-corrected chi connectivity index (χ2v) is 17.7. The molecule has 0 fully saturated rings. The van der Waals surface area contributed by atoms with Crippen molar-refractivity contribution >= 4 is 31.6 Å². The first-order chi connectivity index (χ1) is 13.6. The monoisotopic (exact) mass is 584 g/mol. The van der Waals surface area contributed by atoms with Gasteiger partial charge in [-0.05, 0) is 0 Å². The van der Waals surface area contributed by atoms with Crippen molar-refractivity contribution in [3.05, 3.63) is 78.9 Å². The Labute approximate surface area is 183 Å². The molecule has 0 heterocycles. The van der Waals surface area contributed by atoms with E-state index in [1.807, 2.05) is 0 Å². The number of ether oxygens (including phenoxy) is 2. The van der Waals surface area contributed by atoms with Gasteiger partial charge in [-0.15, -0.1) is 0 Å². The van der Waals surface area contributed by atoms with Gasteiger partial charge in [-0.2, -0.15) is 0 Å².